The van der Waals surface area contributed by atoms with Crippen LogP contribution < -0.4 is 4.72 Å². The van der Waals surface area contributed by atoms with Crippen LogP contribution in [0.1, 0.15) is 70.6 Å². The Morgan fingerprint density at radius 3 is 2.06 bits per heavy atom. The van der Waals surface area contributed by atoms with Gasteiger partial charge in [0.1, 0.15) is 5.54 Å². The molecule has 1 atom stereocenters. The van der Waals surface area contributed by atoms with Gasteiger partial charge in [-0.2, -0.15) is 0 Å². The second kappa shape index (κ2) is 8.93. The molecule has 1 fully saturated rings. The van der Waals surface area contributed by atoms with Crippen molar-refractivity contribution < 1.29 is 18.0 Å². The van der Waals surface area contributed by atoms with Gasteiger partial charge in [0, 0.05) is 6.54 Å². The minimum atomic E-state index is -4.04. The van der Waals surface area contributed by atoms with Crippen molar-refractivity contribution >= 4 is 21.8 Å². The van der Waals surface area contributed by atoms with Crippen molar-refractivity contribution in [3.05, 3.63) is 65.2 Å². The van der Waals surface area contributed by atoms with Gasteiger partial charge in [0.2, 0.25) is 5.91 Å². The van der Waals surface area contributed by atoms with Crippen molar-refractivity contribution in [1.82, 2.24) is 9.62 Å². The number of sulfonamides is 1. The summed E-state index contributed by atoms with van der Waals surface area (Å²) in [6.07, 6.45) is 0.581. The molecular weight excluding hydrogens is 436 g/mol. The summed E-state index contributed by atoms with van der Waals surface area (Å²) in [5.41, 5.74) is 1.76. The lowest BCUT2D eigenvalue weighted by atomic mass is 9.85. The van der Waals surface area contributed by atoms with Crippen LogP contribution in [0.5, 0.6) is 0 Å². The standard InChI is InChI=1S/C26H34N2O4S/c1-18(2)20-9-7-19(8-10-20)17-23(29)28-16-15-26(28,6)24(30)27-33(31,32)22-13-11-21(12-14-22)25(3,4)5/h7-14,18H,15-17H2,1-6H3,(H,27,30). The molecule has 178 valence electrons. The van der Waals surface area contributed by atoms with E-state index in [4.69, 9.17) is 0 Å². The zero-order valence-electron chi connectivity index (χ0n) is 20.3. The van der Waals surface area contributed by atoms with E-state index in [1.165, 1.54) is 22.6 Å². The number of benzene rings is 2. The molecule has 1 saturated heterocycles. The second-order valence-electron chi connectivity index (χ2n) is 10.4. The molecule has 1 aliphatic rings. The van der Waals surface area contributed by atoms with E-state index >= 15 is 0 Å². The Labute approximate surface area is 197 Å². The van der Waals surface area contributed by atoms with Crippen LogP contribution in [0, 0.1) is 0 Å². The van der Waals surface area contributed by atoms with E-state index in [0.29, 0.717) is 18.9 Å². The summed E-state index contributed by atoms with van der Waals surface area (Å²) in [4.78, 5) is 27.4. The number of nitrogens with one attached hydrogen (secondary N) is 1. The van der Waals surface area contributed by atoms with Gasteiger partial charge < -0.3 is 4.90 Å². The van der Waals surface area contributed by atoms with Crippen molar-refractivity contribution in [2.75, 3.05) is 6.54 Å². The fraction of sp³-hybridized carbons (Fsp3) is 0.462. The highest BCUT2D eigenvalue weighted by molar-refractivity contribution is 7.90. The van der Waals surface area contributed by atoms with Crippen LogP contribution in [-0.4, -0.2) is 37.2 Å². The average molecular weight is 471 g/mol. The van der Waals surface area contributed by atoms with E-state index in [9.17, 15) is 18.0 Å². The maximum absolute atomic E-state index is 13.0. The highest BCUT2D eigenvalue weighted by Gasteiger charge is 2.50. The molecule has 1 aliphatic heterocycles. The van der Waals surface area contributed by atoms with Crippen LogP contribution in [0.4, 0.5) is 0 Å². The first-order chi connectivity index (χ1) is 15.2. The Bertz CT molecular complexity index is 1130. The Morgan fingerprint density at radius 2 is 1.61 bits per heavy atom. The van der Waals surface area contributed by atoms with Crippen molar-refractivity contribution in [2.45, 2.75) is 76.2 Å². The molecule has 0 saturated carbocycles. The maximum Gasteiger partial charge on any atom is 0.264 e. The van der Waals surface area contributed by atoms with Gasteiger partial charge in [0.05, 0.1) is 11.3 Å². The summed E-state index contributed by atoms with van der Waals surface area (Å²) in [7, 11) is -4.04. The van der Waals surface area contributed by atoms with Gasteiger partial charge >= 0.3 is 0 Å². The third kappa shape index (κ3) is 5.29. The lowest BCUT2D eigenvalue weighted by molar-refractivity contribution is -0.156. The predicted molar refractivity (Wildman–Crippen MR) is 129 cm³/mol. The summed E-state index contributed by atoms with van der Waals surface area (Å²) in [6.45, 7) is 12.4. The van der Waals surface area contributed by atoms with Gasteiger partial charge in [-0.15, -0.1) is 0 Å². The molecule has 0 spiro atoms. The molecule has 2 aromatic carbocycles. The molecule has 1 heterocycles. The molecule has 7 heteroatoms. The van der Waals surface area contributed by atoms with E-state index in [1.807, 2.05) is 45.0 Å². The third-order valence-electron chi connectivity index (χ3n) is 6.47. The van der Waals surface area contributed by atoms with Gasteiger partial charge in [-0.3, -0.25) is 9.59 Å². The topological polar surface area (TPSA) is 83.6 Å². The summed E-state index contributed by atoms with van der Waals surface area (Å²) < 4.78 is 27.8. The van der Waals surface area contributed by atoms with E-state index in [-0.39, 0.29) is 22.6 Å². The predicted octanol–water partition coefficient (Wildman–Crippen LogP) is 4.15. The molecular formula is C26H34N2O4S. The summed E-state index contributed by atoms with van der Waals surface area (Å²) in [5, 5.41) is 0. The highest BCUT2D eigenvalue weighted by atomic mass is 32.2. The largest absolute Gasteiger partial charge is 0.328 e. The summed E-state index contributed by atoms with van der Waals surface area (Å²) >= 11 is 0. The van der Waals surface area contributed by atoms with Crippen LogP contribution in [0.3, 0.4) is 0 Å². The minimum absolute atomic E-state index is 0.0230. The van der Waals surface area contributed by atoms with Crippen molar-refractivity contribution in [3.63, 3.8) is 0 Å². The summed E-state index contributed by atoms with van der Waals surface area (Å²) in [6, 6.07) is 14.4. The van der Waals surface area contributed by atoms with Crippen molar-refractivity contribution in [3.8, 4) is 0 Å². The Hall–Kier alpha value is -2.67. The zero-order valence-corrected chi connectivity index (χ0v) is 21.1. The molecule has 33 heavy (non-hydrogen) atoms. The molecule has 2 aromatic rings. The zero-order chi connectivity index (χ0) is 24.6. The molecule has 0 bridgehead atoms. The quantitative estimate of drug-likeness (QED) is 0.688. The number of rotatable bonds is 6. The summed E-state index contributed by atoms with van der Waals surface area (Å²) in [5.74, 6) is -0.469. The van der Waals surface area contributed by atoms with Crippen molar-refractivity contribution in [1.29, 1.82) is 0 Å². The number of hydrogen-bond donors (Lipinski definition) is 1. The van der Waals surface area contributed by atoms with E-state index in [1.54, 1.807) is 19.1 Å². The second-order valence-corrected chi connectivity index (χ2v) is 12.0. The van der Waals surface area contributed by atoms with Gasteiger partial charge in [-0.05, 0) is 53.5 Å². The fourth-order valence-electron chi connectivity index (χ4n) is 3.91. The smallest absolute Gasteiger partial charge is 0.264 e. The number of carbonyl (C=O) groups excluding carboxylic acids is 2. The molecule has 1 N–H and O–H groups in total. The molecule has 1 unspecified atom stereocenters. The Kier molecular flexibility index (Phi) is 6.76. The monoisotopic (exact) mass is 470 g/mol. The first kappa shape index (κ1) is 25.0. The molecule has 0 aliphatic carbocycles. The molecule has 6 nitrogen and oxygen atoms in total. The molecule has 2 amide bonds. The first-order valence-electron chi connectivity index (χ1n) is 11.3. The number of likely N-dealkylation sites (tertiary alicyclic amines) is 1. The highest BCUT2D eigenvalue weighted by Crippen LogP contribution is 2.32. The van der Waals surface area contributed by atoms with E-state index in [0.717, 1.165) is 11.1 Å². The number of amides is 2. The maximum atomic E-state index is 13.0. The molecule has 0 radical (unpaired) electrons. The number of carbonyl (C=O) groups is 2. The van der Waals surface area contributed by atoms with Crippen LogP contribution in [-0.2, 0) is 31.4 Å². The van der Waals surface area contributed by atoms with Crippen LogP contribution in [0.25, 0.3) is 0 Å². The average Bonchev–Trinajstić information content (AvgIpc) is 2.71. The lowest BCUT2D eigenvalue weighted by Gasteiger charge is -2.49. The fourth-order valence-corrected chi connectivity index (χ4v) is 4.99. The molecule has 3 rings (SSSR count). The SMILES string of the molecule is CC(C)c1ccc(CC(=O)N2CCC2(C)C(=O)NS(=O)(=O)c2ccc(C(C)(C)C)cc2)cc1. The van der Waals surface area contributed by atoms with E-state index < -0.39 is 21.5 Å². The van der Waals surface area contributed by atoms with Gasteiger partial charge in [-0.1, -0.05) is 71.0 Å². The minimum Gasteiger partial charge on any atom is -0.328 e. The lowest BCUT2D eigenvalue weighted by Crippen LogP contribution is -2.68. The van der Waals surface area contributed by atoms with Gasteiger partial charge in [0.25, 0.3) is 15.9 Å². The van der Waals surface area contributed by atoms with Crippen LogP contribution in [0.2, 0.25) is 0 Å². The Balaban J connectivity index is 1.69. The Morgan fingerprint density at radius 1 is 1.03 bits per heavy atom. The molecule has 0 aromatic heterocycles. The van der Waals surface area contributed by atoms with Gasteiger partial charge in [0.15, 0.2) is 0 Å². The van der Waals surface area contributed by atoms with E-state index in [2.05, 4.69) is 18.6 Å². The normalized spacial score (nSPS) is 18.7. The number of hydrogen-bond acceptors (Lipinski definition) is 4. The van der Waals surface area contributed by atoms with Crippen LogP contribution in [0.15, 0.2) is 53.4 Å². The van der Waals surface area contributed by atoms with Gasteiger partial charge in [-0.25, -0.2) is 13.1 Å². The van der Waals surface area contributed by atoms with Crippen molar-refractivity contribution in [2.24, 2.45) is 0 Å². The number of nitrogens with zero attached hydrogens (tertiary/aromatic N) is 1. The third-order valence-corrected chi connectivity index (χ3v) is 7.81. The van der Waals surface area contributed by atoms with Crippen LogP contribution >= 0.6 is 0 Å². The first-order valence-corrected chi connectivity index (χ1v) is 12.8.